The zero-order chi connectivity index (χ0) is 18.2. The van der Waals surface area contributed by atoms with E-state index in [0.29, 0.717) is 6.61 Å². The Labute approximate surface area is 159 Å². The van der Waals surface area contributed by atoms with Crippen LogP contribution in [0.4, 0.5) is 4.79 Å². The number of ether oxygens (including phenoxy) is 1. The summed E-state index contributed by atoms with van der Waals surface area (Å²) in [4.78, 5) is 14.5. The molecule has 1 atom stereocenters. The molecule has 2 aromatic rings. The van der Waals surface area contributed by atoms with Crippen LogP contribution in [0.3, 0.4) is 0 Å². The highest BCUT2D eigenvalue weighted by Gasteiger charge is 2.32. The number of rotatable bonds is 7. The van der Waals surface area contributed by atoms with Gasteiger partial charge in [-0.25, -0.2) is 4.79 Å². The van der Waals surface area contributed by atoms with Gasteiger partial charge in [0, 0.05) is 24.4 Å². The van der Waals surface area contributed by atoms with Crippen LogP contribution in [0.15, 0.2) is 54.6 Å². The van der Waals surface area contributed by atoms with Crippen molar-refractivity contribution in [3.8, 4) is 5.75 Å². The molecule has 0 bridgehead atoms. The van der Waals surface area contributed by atoms with Crippen molar-refractivity contribution in [2.45, 2.75) is 31.7 Å². The van der Waals surface area contributed by atoms with Crippen LogP contribution in [-0.4, -0.2) is 29.8 Å². The first-order valence-electron chi connectivity index (χ1n) is 9.21. The van der Waals surface area contributed by atoms with E-state index < -0.39 is 0 Å². The minimum atomic E-state index is 0.00333. The SMILES string of the molecule is CCCCNC(=O)N1CCSC1c1ccccc1OCc1ccccc1. The Morgan fingerprint density at radius 2 is 1.96 bits per heavy atom. The second-order valence-corrected chi connectivity index (χ2v) is 7.50. The minimum Gasteiger partial charge on any atom is -0.489 e. The average Bonchev–Trinajstić information content (AvgIpc) is 3.17. The lowest BCUT2D eigenvalue weighted by Gasteiger charge is -2.26. The van der Waals surface area contributed by atoms with E-state index in [1.165, 1.54) is 0 Å². The first kappa shape index (κ1) is 18.6. The lowest BCUT2D eigenvalue weighted by Crippen LogP contribution is -2.39. The van der Waals surface area contributed by atoms with Crippen LogP contribution in [-0.2, 0) is 6.61 Å². The van der Waals surface area contributed by atoms with Gasteiger partial charge < -0.3 is 15.0 Å². The number of hydrogen-bond donors (Lipinski definition) is 1. The zero-order valence-corrected chi connectivity index (χ0v) is 16.0. The Morgan fingerprint density at radius 1 is 1.19 bits per heavy atom. The molecule has 1 heterocycles. The normalized spacial score (nSPS) is 16.5. The van der Waals surface area contributed by atoms with Gasteiger partial charge in [-0.05, 0) is 18.1 Å². The summed E-state index contributed by atoms with van der Waals surface area (Å²) >= 11 is 1.79. The predicted molar refractivity (Wildman–Crippen MR) is 107 cm³/mol. The Morgan fingerprint density at radius 3 is 2.77 bits per heavy atom. The number of carbonyl (C=O) groups is 1. The summed E-state index contributed by atoms with van der Waals surface area (Å²) in [7, 11) is 0. The lowest BCUT2D eigenvalue weighted by molar-refractivity contribution is 0.199. The van der Waals surface area contributed by atoms with Gasteiger partial charge in [-0.2, -0.15) is 0 Å². The summed E-state index contributed by atoms with van der Waals surface area (Å²) in [6.45, 7) is 4.15. The number of urea groups is 1. The quantitative estimate of drug-likeness (QED) is 0.710. The third-order valence-electron chi connectivity index (χ3n) is 4.38. The molecule has 0 aliphatic carbocycles. The van der Waals surface area contributed by atoms with Crippen LogP contribution in [0.2, 0.25) is 0 Å². The van der Waals surface area contributed by atoms with Crippen LogP contribution in [0, 0.1) is 0 Å². The first-order valence-corrected chi connectivity index (χ1v) is 10.3. The molecular weight excluding hydrogens is 344 g/mol. The number of nitrogens with zero attached hydrogens (tertiary/aromatic N) is 1. The molecule has 0 spiro atoms. The molecule has 26 heavy (non-hydrogen) atoms. The number of amides is 2. The van der Waals surface area contributed by atoms with Crippen molar-refractivity contribution >= 4 is 17.8 Å². The average molecular weight is 371 g/mol. The number of thioether (sulfide) groups is 1. The molecule has 1 aliphatic rings. The van der Waals surface area contributed by atoms with Crippen LogP contribution in [0.25, 0.3) is 0 Å². The molecule has 4 nitrogen and oxygen atoms in total. The van der Waals surface area contributed by atoms with Crippen molar-refractivity contribution < 1.29 is 9.53 Å². The maximum Gasteiger partial charge on any atom is 0.318 e. The molecule has 138 valence electrons. The fraction of sp³-hybridized carbons (Fsp3) is 0.381. The van der Waals surface area contributed by atoms with Gasteiger partial charge in [-0.1, -0.05) is 61.9 Å². The zero-order valence-electron chi connectivity index (χ0n) is 15.2. The molecule has 1 N–H and O–H groups in total. The fourth-order valence-electron chi connectivity index (χ4n) is 2.96. The van der Waals surface area contributed by atoms with Gasteiger partial charge in [0.05, 0.1) is 0 Å². The van der Waals surface area contributed by atoms with E-state index in [0.717, 1.165) is 48.6 Å². The third kappa shape index (κ3) is 4.73. The van der Waals surface area contributed by atoms with Gasteiger partial charge in [-0.15, -0.1) is 11.8 Å². The summed E-state index contributed by atoms with van der Waals surface area (Å²) in [5, 5.41) is 3.04. The largest absolute Gasteiger partial charge is 0.489 e. The molecular formula is C21H26N2O2S. The maximum atomic E-state index is 12.6. The fourth-order valence-corrected chi connectivity index (χ4v) is 4.24. The standard InChI is InChI=1S/C21H26N2O2S/c1-2-3-13-22-21(24)23-14-15-26-20(23)18-11-7-8-12-19(18)25-16-17-9-5-4-6-10-17/h4-12,20H,2-3,13-16H2,1H3,(H,22,24). The van der Waals surface area contributed by atoms with Crippen LogP contribution >= 0.6 is 11.8 Å². The van der Waals surface area contributed by atoms with Gasteiger partial charge >= 0.3 is 6.03 Å². The van der Waals surface area contributed by atoms with E-state index in [4.69, 9.17) is 4.74 Å². The Bertz CT molecular complexity index is 708. The molecule has 1 fully saturated rings. The van der Waals surface area contributed by atoms with Crippen molar-refractivity contribution in [2.24, 2.45) is 0 Å². The molecule has 1 aliphatic heterocycles. The third-order valence-corrected chi connectivity index (χ3v) is 5.62. The van der Waals surface area contributed by atoms with Crippen molar-refractivity contribution in [2.75, 3.05) is 18.8 Å². The van der Waals surface area contributed by atoms with Crippen molar-refractivity contribution in [1.82, 2.24) is 10.2 Å². The smallest absolute Gasteiger partial charge is 0.318 e. The van der Waals surface area contributed by atoms with Gasteiger partial charge in [0.2, 0.25) is 0 Å². The van der Waals surface area contributed by atoms with Gasteiger partial charge in [0.1, 0.15) is 17.7 Å². The number of hydrogen-bond acceptors (Lipinski definition) is 3. The molecule has 0 saturated carbocycles. The molecule has 2 aromatic carbocycles. The van der Waals surface area contributed by atoms with Gasteiger partial charge in [0.15, 0.2) is 0 Å². The second kappa shape index (κ2) is 9.53. The number of unbranched alkanes of at least 4 members (excludes halogenated alkanes) is 1. The Balaban J connectivity index is 1.70. The van der Waals surface area contributed by atoms with Crippen molar-refractivity contribution in [3.05, 3.63) is 65.7 Å². The minimum absolute atomic E-state index is 0.00333. The molecule has 1 unspecified atom stereocenters. The van der Waals surface area contributed by atoms with E-state index in [1.807, 2.05) is 41.3 Å². The van der Waals surface area contributed by atoms with Crippen LogP contribution < -0.4 is 10.1 Å². The Hall–Kier alpha value is -2.14. The van der Waals surface area contributed by atoms with Crippen molar-refractivity contribution in [1.29, 1.82) is 0 Å². The van der Waals surface area contributed by atoms with E-state index in [1.54, 1.807) is 11.8 Å². The second-order valence-electron chi connectivity index (χ2n) is 6.31. The monoisotopic (exact) mass is 370 g/mol. The molecule has 1 saturated heterocycles. The van der Waals surface area contributed by atoms with E-state index >= 15 is 0 Å². The van der Waals surface area contributed by atoms with Crippen LogP contribution in [0.5, 0.6) is 5.75 Å². The van der Waals surface area contributed by atoms with E-state index in [2.05, 4.69) is 30.4 Å². The highest BCUT2D eigenvalue weighted by Crippen LogP contribution is 2.41. The predicted octanol–water partition coefficient (Wildman–Crippen LogP) is 4.82. The summed E-state index contributed by atoms with van der Waals surface area (Å²) in [5.41, 5.74) is 2.20. The van der Waals surface area contributed by atoms with E-state index in [-0.39, 0.29) is 11.4 Å². The number of nitrogens with one attached hydrogen (secondary N) is 1. The molecule has 0 aromatic heterocycles. The Kier molecular flexibility index (Phi) is 6.83. The molecule has 5 heteroatoms. The number of benzene rings is 2. The molecule has 2 amide bonds. The highest BCUT2D eigenvalue weighted by molar-refractivity contribution is 7.99. The number of para-hydroxylation sites is 1. The highest BCUT2D eigenvalue weighted by atomic mass is 32.2. The summed E-state index contributed by atoms with van der Waals surface area (Å²) in [6.07, 6.45) is 2.09. The van der Waals surface area contributed by atoms with Gasteiger partial charge in [0.25, 0.3) is 0 Å². The van der Waals surface area contributed by atoms with Gasteiger partial charge in [-0.3, -0.25) is 0 Å². The lowest BCUT2D eigenvalue weighted by atomic mass is 10.1. The van der Waals surface area contributed by atoms with Crippen LogP contribution in [0.1, 0.15) is 36.3 Å². The molecule has 3 rings (SSSR count). The topological polar surface area (TPSA) is 41.6 Å². The van der Waals surface area contributed by atoms with Crippen molar-refractivity contribution in [3.63, 3.8) is 0 Å². The summed E-state index contributed by atoms with van der Waals surface area (Å²) < 4.78 is 6.09. The first-order chi connectivity index (χ1) is 12.8. The number of carbonyl (C=O) groups excluding carboxylic acids is 1. The van der Waals surface area contributed by atoms with E-state index in [9.17, 15) is 4.79 Å². The summed E-state index contributed by atoms with van der Waals surface area (Å²) in [5.74, 6) is 1.79. The molecule has 0 radical (unpaired) electrons. The maximum absolute atomic E-state index is 12.6. The summed E-state index contributed by atoms with van der Waals surface area (Å²) in [6, 6.07) is 18.2.